The molecule has 1 aliphatic rings. The topological polar surface area (TPSA) is 61.4 Å². The molecular weight excluding hydrogens is 398 g/mol. The number of carbonyl (C=O) groups excluding carboxylic acids is 1. The smallest absolute Gasteiger partial charge is 0.256 e. The second-order valence-electron chi connectivity index (χ2n) is 8.07. The number of benzene rings is 2. The van der Waals surface area contributed by atoms with Crippen LogP contribution in [0.1, 0.15) is 10.4 Å². The maximum atomic E-state index is 13.5. The Morgan fingerprint density at radius 3 is 2.44 bits per heavy atom. The molecule has 0 spiro atoms. The van der Waals surface area contributed by atoms with E-state index in [1.807, 2.05) is 60.7 Å². The monoisotopic (exact) mass is 423 g/mol. The van der Waals surface area contributed by atoms with Crippen molar-refractivity contribution in [3.8, 4) is 11.3 Å². The molecule has 0 aliphatic carbocycles. The van der Waals surface area contributed by atoms with Crippen molar-refractivity contribution in [3.63, 3.8) is 0 Å². The Labute approximate surface area is 187 Å². The number of carbonyl (C=O) groups is 1. The highest BCUT2D eigenvalue weighted by Gasteiger charge is 2.19. The van der Waals surface area contributed by atoms with E-state index in [0.29, 0.717) is 5.56 Å². The molecule has 0 bridgehead atoms. The van der Waals surface area contributed by atoms with Crippen molar-refractivity contribution in [2.24, 2.45) is 0 Å². The summed E-state index contributed by atoms with van der Waals surface area (Å²) >= 11 is 0. The minimum Gasteiger partial charge on any atom is -0.367 e. The number of para-hydroxylation sites is 3. The predicted octanol–water partition coefficient (Wildman–Crippen LogP) is 4.30. The van der Waals surface area contributed by atoms with Crippen LogP contribution in [0.5, 0.6) is 0 Å². The molecule has 1 N–H and O–H groups in total. The van der Waals surface area contributed by atoms with Crippen molar-refractivity contribution >= 4 is 28.2 Å². The lowest BCUT2D eigenvalue weighted by molar-refractivity contribution is 0.102. The number of likely N-dealkylation sites (N-methyl/N-ethyl adjacent to an activating group) is 1. The zero-order valence-corrected chi connectivity index (χ0v) is 18.0. The van der Waals surface area contributed by atoms with Gasteiger partial charge in [-0.3, -0.25) is 9.78 Å². The fraction of sp³-hybridized carbons (Fsp3) is 0.192. The number of fused-ring (bicyclic) bond motifs is 1. The number of hydrogen-bond donors (Lipinski definition) is 1. The van der Waals surface area contributed by atoms with Crippen LogP contribution in [0.15, 0.2) is 79.1 Å². The molecule has 0 saturated carbocycles. The van der Waals surface area contributed by atoms with Gasteiger partial charge in [0.1, 0.15) is 0 Å². The first kappa shape index (κ1) is 20.2. The molecule has 4 aromatic rings. The lowest BCUT2D eigenvalue weighted by Gasteiger charge is -2.35. The molecule has 160 valence electrons. The first-order valence-electron chi connectivity index (χ1n) is 10.8. The fourth-order valence-corrected chi connectivity index (χ4v) is 4.13. The molecule has 3 heterocycles. The van der Waals surface area contributed by atoms with Crippen LogP contribution < -0.4 is 10.2 Å². The molecular formula is C26H25N5O. The molecule has 32 heavy (non-hydrogen) atoms. The van der Waals surface area contributed by atoms with Crippen LogP contribution >= 0.6 is 0 Å². The van der Waals surface area contributed by atoms with Gasteiger partial charge in [-0.2, -0.15) is 0 Å². The predicted molar refractivity (Wildman–Crippen MR) is 129 cm³/mol. The Hall–Kier alpha value is -3.77. The van der Waals surface area contributed by atoms with Gasteiger partial charge in [-0.25, -0.2) is 4.98 Å². The largest absolute Gasteiger partial charge is 0.367 e. The third-order valence-corrected chi connectivity index (χ3v) is 5.93. The van der Waals surface area contributed by atoms with Crippen LogP contribution in [0.25, 0.3) is 22.2 Å². The average Bonchev–Trinajstić information content (AvgIpc) is 2.85. The summed E-state index contributed by atoms with van der Waals surface area (Å²) in [6.07, 6.45) is 3.47. The Morgan fingerprint density at radius 1 is 0.906 bits per heavy atom. The SMILES string of the molecule is CN1CCN(c2ccccc2NC(=O)c2cc(-c3ccncc3)nc3ccccc23)CC1. The molecule has 6 nitrogen and oxygen atoms in total. The second-order valence-corrected chi connectivity index (χ2v) is 8.07. The first-order chi connectivity index (χ1) is 15.7. The minimum absolute atomic E-state index is 0.138. The van der Waals surface area contributed by atoms with E-state index in [1.54, 1.807) is 12.4 Å². The van der Waals surface area contributed by atoms with Gasteiger partial charge in [0, 0.05) is 49.5 Å². The molecule has 2 aromatic carbocycles. The molecule has 0 unspecified atom stereocenters. The summed E-state index contributed by atoms with van der Waals surface area (Å²) in [6.45, 7) is 3.89. The molecule has 1 fully saturated rings. The fourth-order valence-electron chi connectivity index (χ4n) is 4.13. The van der Waals surface area contributed by atoms with E-state index in [9.17, 15) is 4.79 Å². The average molecular weight is 424 g/mol. The highest BCUT2D eigenvalue weighted by Crippen LogP contribution is 2.29. The number of rotatable bonds is 4. The van der Waals surface area contributed by atoms with Crippen LogP contribution in [0.3, 0.4) is 0 Å². The quantitative estimate of drug-likeness (QED) is 0.530. The van der Waals surface area contributed by atoms with Crippen LogP contribution in [0.2, 0.25) is 0 Å². The van der Waals surface area contributed by atoms with Crippen molar-refractivity contribution in [2.45, 2.75) is 0 Å². The number of nitrogens with one attached hydrogen (secondary N) is 1. The Morgan fingerprint density at radius 2 is 1.62 bits per heavy atom. The Kier molecular flexibility index (Phi) is 5.52. The van der Waals surface area contributed by atoms with E-state index in [2.05, 4.69) is 33.2 Å². The molecule has 6 heteroatoms. The molecule has 0 radical (unpaired) electrons. The standard InChI is InChI=1S/C26H25N5O/c1-30-14-16-31(17-15-30)25-9-5-4-8-23(25)29-26(32)21-18-24(19-10-12-27-13-11-19)28-22-7-3-2-6-20(21)22/h2-13,18H,14-17H2,1H3,(H,29,32). The zero-order chi connectivity index (χ0) is 21.9. The van der Waals surface area contributed by atoms with Crippen LogP contribution in [0.4, 0.5) is 11.4 Å². The molecule has 1 amide bonds. The summed E-state index contributed by atoms with van der Waals surface area (Å²) in [6, 6.07) is 21.5. The van der Waals surface area contributed by atoms with E-state index in [1.165, 1.54) is 0 Å². The van der Waals surface area contributed by atoms with Crippen LogP contribution in [0, 0.1) is 0 Å². The third kappa shape index (κ3) is 4.05. The number of anilines is 2. The van der Waals surface area contributed by atoms with Crippen molar-refractivity contribution in [1.82, 2.24) is 14.9 Å². The van der Waals surface area contributed by atoms with Crippen LogP contribution in [-0.2, 0) is 0 Å². The van der Waals surface area contributed by atoms with Gasteiger partial charge in [-0.15, -0.1) is 0 Å². The van der Waals surface area contributed by atoms with Gasteiger partial charge >= 0.3 is 0 Å². The number of piperazine rings is 1. The van der Waals surface area contributed by atoms with Gasteiger partial charge in [0.25, 0.3) is 5.91 Å². The Balaban J connectivity index is 1.51. The molecule has 1 aliphatic heterocycles. The van der Waals surface area contributed by atoms with Gasteiger partial charge < -0.3 is 15.1 Å². The van der Waals surface area contributed by atoms with Gasteiger partial charge in [0.05, 0.1) is 28.1 Å². The van der Waals surface area contributed by atoms with Crippen molar-refractivity contribution < 1.29 is 4.79 Å². The van der Waals surface area contributed by atoms with Crippen LogP contribution in [-0.4, -0.2) is 54.0 Å². The number of amides is 1. The van der Waals surface area contributed by atoms with E-state index >= 15 is 0 Å². The molecule has 1 saturated heterocycles. The van der Waals surface area contributed by atoms with E-state index in [0.717, 1.165) is 59.7 Å². The highest BCUT2D eigenvalue weighted by molar-refractivity contribution is 6.14. The maximum absolute atomic E-state index is 13.5. The maximum Gasteiger partial charge on any atom is 0.256 e. The summed E-state index contributed by atoms with van der Waals surface area (Å²) in [4.78, 5) is 27.0. The van der Waals surface area contributed by atoms with E-state index in [-0.39, 0.29) is 5.91 Å². The lowest BCUT2D eigenvalue weighted by atomic mass is 10.0. The number of nitrogens with zero attached hydrogens (tertiary/aromatic N) is 4. The zero-order valence-electron chi connectivity index (χ0n) is 18.0. The van der Waals surface area contributed by atoms with Crippen molar-refractivity contribution in [2.75, 3.05) is 43.4 Å². The lowest BCUT2D eigenvalue weighted by Crippen LogP contribution is -2.44. The van der Waals surface area contributed by atoms with Crippen molar-refractivity contribution in [3.05, 3.63) is 84.7 Å². The first-order valence-corrected chi connectivity index (χ1v) is 10.8. The Bertz CT molecular complexity index is 1250. The van der Waals surface area contributed by atoms with Gasteiger partial charge in [-0.1, -0.05) is 30.3 Å². The van der Waals surface area contributed by atoms with Crippen molar-refractivity contribution in [1.29, 1.82) is 0 Å². The third-order valence-electron chi connectivity index (χ3n) is 5.93. The minimum atomic E-state index is -0.138. The van der Waals surface area contributed by atoms with Gasteiger partial charge in [-0.05, 0) is 43.4 Å². The second kappa shape index (κ2) is 8.77. The number of aromatic nitrogens is 2. The highest BCUT2D eigenvalue weighted by atomic mass is 16.1. The number of hydrogen-bond acceptors (Lipinski definition) is 5. The summed E-state index contributed by atoms with van der Waals surface area (Å²) in [5, 5.41) is 4.01. The summed E-state index contributed by atoms with van der Waals surface area (Å²) in [5.41, 5.74) is 4.96. The molecule has 5 rings (SSSR count). The normalized spacial score (nSPS) is 14.5. The van der Waals surface area contributed by atoms with Gasteiger partial charge in [0.2, 0.25) is 0 Å². The summed E-state index contributed by atoms with van der Waals surface area (Å²) in [5.74, 6) is -0.138. The van der Waals surface area contributed by atoms with E-state index in [4.69, 9.17) is 4.98 Å². The number of pyridine rings is 2. The molecule has 0 atom stereocenters. The summed E-state index contributed by atoms with van der Waals surface area (Å²) in [7, 11) is 2.14. The summed E-state index contributed by atoms with van der Waals surface area (Å²) < 4.78 is 0. The molecule has 2 aromatic heterocycles. The van der Waals surface area contributed by atoms with Gasteiger partial charge in [0.15, 0.2) is 0 Å². The van der Waals surface area contributed by atoms with E-state index < -0.39 is 0 Å².